The van der Waals surface area contributed by atoms with Crippen molar-refractivity contribution in [2.24, 2.45) is 11.8 Å². The SMILES string of the molecule is CC1=CC(C)CC(CNc2ccc(F)nc2)C1. The fraction of sp³-hybridized carbons (Fsp3) is 0.500. The second-order valence-corrected chi connectivity index (χ2v) is 5.05. The summed E-state index contributed by atoms with van der Waals surface area (Å²) in [6.45, 7) is 5.39. The van der Waals surface area contributed by atoms with Crippen molar-refractivity contribution < 1.29 is 4.39 Å². The summed E-state index contributed by atoms with van der Waals surface area (Å²) in [4.78, 5) is 3.63. The summed E-state index contributed by atoms with van der Waals surface area (Å²) in [6, 6.07) is 3.12. The normalized spacial score (nSPS) is 24.3. The molecule has 92 valence electrons. The van der Waals surface area contributed by atoms with E-state index in [1.165, 1.54) is 18.1 Å². The minimum absolute atomic E-state index is 0.430. The van der Waals surface area contributed by atoms with Gasteiger partial charge in [0.1, 0.15) is 0 Å². The zero-order valence-electron chi connectivity index (χ0n) is 10.4. The summed E-state index contributed by atoms with van der Waals surface area (Å²) >= 11 is 0. The van der Waals surface area contributed by atoms with E-state index in [1.807, 2.05) is 0 Å². The Morgan fingerprint density at radius 3 is 2.94 bits per heavy atom. The lowest BCUT2D eigenvalue weighted by Gasteiger charge is -2.25. The molecule has 0 amide bonds. The van der Waals surface area contributed by atoms with Gasteiger partial charge >= 0.3 is 0 Å². The molecule has 0 saturated heterocycles. The summed E-state index contributed by atoms with van der Waals surface area (Å²) in [5.74, 6) is 0.905. The minimum atomic E-state index is -0.430. The average Bonchev–Trinajstić information content (AvgIpc) is 2.27. The Bertz CT molecular complexity index is 397. The van der Waals surface area contributed by atoms with Crippen molar-refractivity contribution in [1.82, 2.24) is 4.98 Å². The number of anilines is 1. The molecule has 0 aliphatic heterocycles. The van der Waals surface area contributed by atoms with E-state index in [2.05, 4.69) is 30.2 Å². The van der Waals surface area contributed by atoms with Crippen LogP contribution in [-0.4, -0.2) is 11.5 Å². The molecule has 17 heavy (non-hydrogen) atoms. The van der Waals surface area contributed by atoms with E-state index < -0.39 is 5.95 Å². The van der Waals surface area contributed by atoms with Crippen LogP contribution in [0.4, 0.5) is 10.1 Å². The number of nitrogens with zero attached hydrogens (tertiary/aromatic N) is 1. The molecule has 0 spiro atoms. The molecule has 2 nitrogen and oxygen atoms in total. The molecular weight excluding hydrogens is 215 g/mol. The highest BCUT2D eigenvalue weighted by atomic mass is 19.1. The van der Waals surface area contributed by atoms with Crippen LogP contribution in [0.25, 0.3) is 0 Å². The van der Waals surface area contributed by atoms with Gasteiger partial charge in [0.2, 0.25) is 5.95 Å². The van der Waals surface area contributed by atoms with Gasteiger partial charge in [-0.3, -0.25) is 0 Å². The van der Waals surface area contributed by atoms with E-state index in [0.29, 0.717) is 11.8 Å². The molecule has 0 radical (unpaired) electrons. The van der Waals surface area contributed by atoms with Crippen LogP contribution in [0, 0.1) is 17.8 Å². The lowest BCUT2D eigenvalue weighted by molar-refractivity contribution is 0.421. The van der Waals surface area contributed by atoms with Gasteiger partial charge in [0.25, 0.3) is 0 Å². The first-order valence-corrected chi connectivity index (χ1v) is 6.16. The van der Waals surface area contributed by atoms with Gasteiger partial charge < -0.3 is 5.32 Å². The van der Waals surface area contributed by atoms with Gasteiger partial charge in [-0.25, -0.2) is 4.98 Å². The van der Waals surface area contributed by atoms with E-state index in [4.69, 9.17) is 0 Å². The summed E-state index contributed by atoms with van der Waals surface area (Å²) in [6.07, 6.45) is 6.28. The van der Waals surface area contributed by atoms with Crippen LogP contribution in [0.15, 0.2) is 30.0 Å². The molecule has 0 bridgehead atoms. The van der Waals surface area contributed by atoms with Crippen LogP contribution < -0.4 is 5.32 Å². The Morgan fingerprint density at radius 1 is 1.47 bits per heavy atom. The van der Waals surface area contributed by atoms with E-state index in [-0.39, 0.29) is 0 Å². The van der Waals surface area contributed by atoms with Crippen molar-refractivity contribution >= 4 is 5.69 Å². The van der Waals surface area contributed by atoms with Crippen molar-refractivity contribution in [2.75, 3.05) is 11.9 Å². The van der Waals surface area contributed by atoms with Crippen LogP contribution in [0.3, 0.4) is 0 Å². The number of halogens is 1. The lowest BCUT2D eigenvalue weighted by atomic mass is 9.84. The molecule has 0 fully saturated rings. The second-order valence-electron chi connectivity index (χ2n) is 5.05. The van der Waals surface area contributed by atoms with Gasteiger partial charge in [0.15, 0.2) is 0 Å². The van der Waals surface area contributed by atoms with Gasteiger partial charge in [0, 0.05) is 6.54 Å². The highest BCUT2D eigenvalue weighted by molar-refractivity contribution is 5.39. The van der Waals surface area contributed by atoms with Crippen molar-refractivity contribution in [3.63, 3.8) is 0 Å². The fourth-order valence-corrected chi connectivity index (χ4v) is 2.58. The molecule has 1 aromatic heterocycles. The molecule has 2 rings (SSSR count). The quantitative estimate of drug-likeness (QED) is 0.638. The van der Waals surface area contributed by atoms with Gasteiger partial charge in [-0.1, -0.05) is 18.6 Å². The second kappa shape index (κ2) is 5.30. The zero-order chi connectivity index (χ0) is 12.3. The third-order valence-corrected chi connectivity index (χ3v) is 3.21. The first-order chi connectivity index (χ1) is 8.13. The van der Waals surface area contributed by atoms with Crippen LogP contribution in [0.5, 0.6) is 0 Å². The molecule has 1 aliphatic carbocycles. The van der Waals surface area contributed by atoms with Gasteiger partial charge in [0.05, 0.1) is 11.9 Å². The number of hydrogen-bond acceptors (Lipinski definition) is 2. The molecular formula is C14H19FN2. The highest BCUT2D eigenvalue weighted by Crippen LogP contribution is 2.27. The number of allylic oxidation sites excluding steroid dienone is 2. The topological polar surface area (TPSA) is 24.9 Å². The third kappa shape index (κ3) is 3.55. The van der Waals surface area contributed by atoms with Crippen molar-refractivity contribution in [1.29, 1.82) is 0 Å². The van der Waals surface area contributed by atoms with E-state index in [9.17, 15) is 4.39 Å². The molecule has 1 aromatic rings. The summed E-state index contributed by atoms with van der Waals surface area (Å²) in [5.41, 5.74) is 2.37. The summed E-state index contributed by atoms with van der Waals surface area (Å²) < 4.78 is 12.6. The predicted octanol–water partition coefficient (Wildman–Crippen LogP) is 3.63. The Labute approximate surface area is 102 Å². The van der Waals surface area contributed by atoms with Crippen molar-refractivity contribution in [3.05, 3.63) is 35.9 Å². The summed E-state index contributed by atoms with van der Waals surface area (Å²) in [5, 5.41) is 3.33. The molecule has 3 heteroatoms. The monoisotopic (exact) mass is 234 g/mol. The number of pyridine rings is 1. The Hall–Kier alpha value is -1.38. The van der Waals surface area contributed by atoms with Gasteiger partial charge in [-0.05, 0) is 43.7 Å². The minimum Gasteiger partial charge on any atom is -0.384 e. The van der Waals surface area contributed by atoms with E-state index in [0.717, 1.165) is 18.7 Å². The highest BCUT2D eigenvalue weighted by Gasteiger charge is 2.17. The number of hydrogen-bond donors (Lipinski definition) is 1. The van der Waals surface area contributed by atoms with Gasteiger partial charge in [-0.15, -0.1) is 0 Å². The van der Waals surface area contributed by atoms with Gasteiger partial charge in [-0.2, -0.15) is 4.39 Å². The Morgan fingerprint density at radius 2 is 2.29 bits per heavy atom. The van der Waals surface area contributed by atoms with E-state index >= 15 is 0 Å². The largest absolute Gasteiger partial charge is 0.384 e. The maximum absolute atomic E-state index is 12.6. The smallest absolute Gasteiger partial charge is 0.212 e. The molecule has 0 aromatic carbocycles. The molecule has 2 atom stereocenters. The van der Waals surface area contributed by atoms with Crippen LogP contribution >= 0.6 is 0 Å². The predicted molar refractivity (Wildman–Crippen MR) is 68.3 cm³/mol. The van der Waals surface area contributed by atoms with Crippen LogP contribution in [-0.2, 0) is 0 Å². The first-order valence-electron chi connectivity index (χ1n) is 6.16. The first kappa shape index (κ1) is 12.1. The molecule has 0 saturated carbocycles. The molecule has 1 N–H and O–H groups in total. The molecule has 2 unspecified atom stereocenters. The maximum atomic E-state index is 12.6. The Balaban J connectivity index is 1.86. The number of nitrogens with one attached hydrogen (secondary N) is 1. The van der Waals surface area contributed by atoms with Crippen LogP contribution in [0.1, 0.15) is 26.7 Å². The van der Waals surface area contributed by atoms with Crippen molar-refractivity contribution in [2.45, 2.75) is 26.7 Å². The average molecular weight is 234 g/mol. The number of aromatic nitrogens is 1. The van der Waals surface area contributed by atoms with Crippen molar-refractivity contribution in [3.8, 4) is 0 Å². The van der Waals surface area contributed by atoms with E-state index in [1.54, 1.807) is 12.3 Å². The standard InChI is InChI=1S/C14H19FN2/c1-10-5-11(2)7-12(6-10)8-16-13-3-4-14(15)17-9-13/h3-5,9-10,12,16H,6-8H2,1-2H3. The lowest BCUT2D eigenvalue weighted by Crippen LogP contribution is -2.20. The molecule has 1 heterocycles. The Kier molecular flexibility index (Phi) is 3.77. The third-order valence-electron chi connectivity index (χ3n) is 3.21. The fourth-order valence-electron chi connectivity index (χ4n) is 2.58. The maximum Gasteiger partial charge on any atom is 0.212 e. The number of rotatable bonds is 3. The zero-order valence-corrected chi connectivity index (χ0v) is 10.4. The summed E-state index contributed by atoms with van der Waals surface area (Å²) in [7, 11) is 0. The molecule has 1 aliphatic rings. The van der Waals surface area contributed by atoms with Crippen LogP contribution in [0.2, 0.25) is 0 Å².